The van der Waals surface area contributed by atoms with Crippen LogP contribution in [0.5, 0.6) is 5.75 Å². The molecule has 1 aromatic heterocycles. The summed E-state index contributed by atoms with van der Waals surface area (Å²) in [5, 5.41) is 4.62. The smallest absolute Gasteiger partial charge is 0.145 e. The molecule has 122 valence electrons. The van der Waals surface area contributed by atoms with Gasteiger partial charge in [-0.1, -0.05) is 30.3 Å². The third-order valence-corrected chi connectivity index (χ3v) is 4.70. The van der Waals surface area contributed by atoms with Crippen LogP contribution in [0.2, 0.25) is 0 Å². The first-order valence-corrected chi connectivity index (χ1v) is 8.14. The average molecular weight is 322 g/mol. The first-order valence-electron chi connectivity index (χ1n) is 8.14. The highest BCUT2D eigenvalue weighted by atomic mass is 19.1. The van der Waals surface area contributed by atoms with Crippen LogP contribution >= 0.6 is 0 Å². The zero-order valence-corrected chi connectivity index (χ0v) is 13.6. The molecular weight excluding hydrogens is 303 g/mol. The molecule has 4 heteroatoms. The van der Waals surface area contributed by atoms with Gasteiger partial charge in [0, 0.05) is 17.5 Å². The first-order chi connectivity index (χ1) is 11.7. The van der Waals surface area contributed by atoms with Gasteiger partial charge in [0.15, 0.2) is 0 Å². The van der Waals surface area contributed by atoms with E-state index in [0.717, 1.165) is 40.8 Å². The third-order valence-electron chi connectivity index (χ3n) is 4.70. The summed E-state index contributed by atoms with van der Waals surface area (Å²) < 4.78 is 18.9. The molecule has 4 rings (SSSR count). The summed E-state index contributed by atoms with van der Waals surface area (Å²) >= 11 is 0. The third kappa shape index (κ3) is 2.74. The molecule has 0 bridgehead atoms. The number of hydrogen-bond donors (Lipinski definition) is 1. The zero-order chi connectivity index (χ0) is 16.6. The van der Waals surface area contributed by atoms with Crippen LogP contribution < -0.4 is 10.1 Å². The van der Waals surface area contributed by atoms with E-state index in [4.69, 9.17) is 9.72 Å². The lowest BCUT2D eigenvalue weighted by molar-refractivity contribution is 0.418. The van der Waals surface area contributed by atoms with Gasteiger partial charge in [-0.2, -0.15) is 0 Å². The van der Waals surface area contributed by atoms with Crippen molar-refractivity contribution in [1.82, 2.24) is 10.3 Å². The van der Waals surface area contributed by atoms with Gasteiger partial charge in [0.05, 0.1) is 12.8 Å². The molecule has 0 amide bonds. The predicted octanol–water partition coefficient (Wildman–Crippen LogP) is 4.16. The fourth-order valence-electron chi connectivity index (χ4n) is 3.16. The Bertz CT molecular complexity index is 890. The fraction of sp³-hybridized carbons (Fsp3) is 0.250. The maximum atomic E-state index is 13.5. The molecular formula is C20H19FN2O. The summed E-state index contributed by atoms with van der Waals surface area (Å²) in [7, 11) is 1.66. The molecule has 1 N–H and O–H groups in total. The number of halogens is 1. The fourth-order valence-corrected chi connectivity index (χ4v) is 3.16. The molecule has 1 saturated carbocycles. The second-order valence-electron chi connectivity index (χ2n) is 6.28. The highest BCUT2D eigenvalue weighted by molar-refractivity contribution is 5.84. The van der Waals surface area contributed by atoms with Crippen molar-refractivity contribution in [3.63, 3.8) is 0 Å². The van der Waals surface area contributed by atoms with E-state index in [2.05, 4.69) is 11.4 Å². The second kappa shape index (κ2) is 5.87. The maximum absolute atomic E-state index is 13.5. The standard InChI is InChI=1S/C20H19FN2O/c1-24-18-7-2-4-14-8-9-17(23-19(14)18)13-22-20(10-11-20)15-5-3-6-16(21)12-15/h2-9,12,22H,10-11,13H2,1H3. The molecule has 0 saturated heterocycles. The SMILES string of the molecule is COc1cccc2ccc(CNC3(c4cccc(F)c4)CC3)nc12. The number of hydrogen-bond acceptors (Lipinski definition) is 3. The van der Waals surface area contributed by atoms with Gasteiger partial charge in [0.25, 0.3) is 0 Å². The van der Waals surface area contributed by atoms with Crippen molar-refractivity contribution in [2.24, 2.45) is 0 Å². The van der Waals surface area contributed by atoms with Gasteiger partial charge >= 0.3 is 0 Å². The van der Waals surface area contributed by atoms with E-state index < -0.39 is 0 Å². The highest BCUT2D eigenvalue weighted by Crippen LogP contribution is 2.45. The van der Waals surface area contributed by atoms with Crippen molar-refractivity contribution < 1.29 is 9.13 Å². The number of methoxy groups -OCH3 is 1. The van der Waals surface area contributed by atoms with E-state index in [9.17, 15) is 4.39 Å². The zero-order valence-electron chi connectivity index (χ0n) is 13.6. The molecule has 1 aliphatic carbocycles. The van der Waals surface area contributed by atoms with Crippen LogP contribution in [0.15, 0.2) is 54.6 Å². The number of nitrogens with zero attached hydrogens (tertiary/aromatic N) is 1. The van der Waals surface area contributed by atoms with Crippen LogP contribution in [0.25, 0.3) is 10.9 Å². The summed E-state index contributed by atoms with van der Waals surface area (Å²) in [6, 6.07) is 16.8. The molecule has 1 fully saturated rings. The van der Waals surface area contributed by atoms with Gasteiger partial charge in [-0.3, -0.25) is 0 Å². The van der Waals surface area contributed by atoms with Crippen molar-refractivity contribution in [3.8, 4) is 5.75 Å². The van der Waals surface area contributed by atoms with E-state index in [-0.39, 0.29) is 11.4 Å². The number of aromatic nitrogens is 1. The first kappa shape index (κ1) is 15.1. The molecule has 0 aliphatic heterocycles. The lowest BCUT2D eigenvalue weighted by Crippen LogP contribution is -2.28. The molecule has 0 spiro atoms. The minimum atomic E-state index is -0.186. The van der Waals surface area contributed by atoms with E-state index in [1.165, 1.54) is 6.07 Å². The van der Waals surface area contributed by atoms with E-state index in [1.807, 2.05) is 30.3 Å². The monoisotopic (exact) mass is 322 g/mol. The summed E-state index contributed by atoms with van der Waals surface area (Å²) in [6.07, 6.45) is 2.04. The number of para-hydroxylation sites is 1. The van der Waals surface area contributed by atoms with Crippen molar-refractivity contribution in [1.29, 1.82) is 0 Å². The van der Waals surface area contributed by atoms with Crippen LogP contribution in [0.1, 0.15) is 24.1 Å². The van der Waals surface area contributed by atoms with Gasteiger partial charge in [0.1, 0.15) is 17.1 Å². The molecule has 1 aliphatic rings. The molecule has 24 heavy (non-hydrogen) atoms. The number of benzene rings is 2. The molecule has 2 aromatic carbocycles. The molecule has 0 unspecified atom stereocenters. The van der Waals surface area contributed by atoms with Gasteiger partial charge in [-0.25, -0.2) is 9.37 Å². The number of fused-ring (bicyclic) bond motifs is 1. The molecule has 3 nitrogen and oxygen atoms in total. The lowest BCUT2D eigenvalue weighted by Gasteiger charge is -2.18. The topological polar surface area (TPSA) is 34.1 Å². The summed E-state index contributed by atoms with van der Waals surface area (Å²) in [5.41, 5.74) is 2.73. The minimum Gasteiger partial charge on any atom is -0.494 e. The molecule has 0 atom stereocenters. The maximum Gasteiger partial charge on any atom is 0.145 e. The molecule has 0 radical (unpaired) electrons. The summed E-state index contributed by atoms with van der Waals surface area (Å²) in [5.74, 6) is 0.592. The number of ether oxygens (including phenoxy) is 1. The summed E-state index contributed by atoms with van der Waals surface area (Å²) in [4.78, 5) is 4.73. The Morgan fingerprint density at radius 2 is 1.96 bits per heavy atom. The lowest BCUT2D eigenvalue weighted by atomic mass is 10.0. The largest absolute Gasteiger partial charge is 0.494 e. The number of pyridine rings is 1. The predicted molar refractivity (Wildman–Crippen MR) is 92.4 cm³/mol. The van der Waals surface area contributed by atoms with Gasteiger partial charge in [0.2, 0.25) is 0 Å². The highest BCUT2D eigenvalue weighted by Gasteiger charge is 2.43. The average Bonchev–Trinajstić information content (AvgIpc) is 3.40. The van der Waals surface area contributed by atoms with Gasteiger partial charge in [-0.05, 0) is 42.7 Å². The second-order valence-corrected chi connectivity index (χ2v) is 6.28. The van der Waals surface area contributed by atoms with E-state index in [1.54, 1.807) is 19.2 Å². The van der Waals surface area contributed by atoms with Gasteiger partial charge < -0.3 is 10.1 Å². The Morgan fingerprint density at radius 3 is 2.71 bits per heavy atom. The molecule has 3 aromatic rings. The van der Waals surface area contributed by atoms with Crippen LogP contribution in [0, 0.1) is 5.82 Å². The number of nitrogens with one attached hydrogen (secondary N) is 1. The van der Waals surface area contributed by atoms with Crippen LogP contribution in [-0.4, -0.2) is 12.1 Å². The minimum absolute atomic E-state index is 0.112. The molecule has 1 heterocycles. The Balaban J connectivity index is 1.57. The van der Waals surface area contributed by atoms with Crippen molar-refractivity contribution >= 4 is 10.9 Å². The van der Waals surface area contributed by atoms with E-state index in [0.29, 0.717) is 6.54 Å². The van der Waals surface area contributed by atoms with Crippen molar-refractivity contribution in [3.05, 3.63) is 71.7 Å². The van der Waals surface area contributed by atoms with Crippen molar-refractivity contribution in [2.45, 2.75) is 24.9 Å². The van der Waals surface area contributed by atoms with Crippen LogP contribution in [0.4, 0.5) is 4.39 Å². The summed E-state index contributed by atoms with van der Waals surface area (Å²) in [6.45, 7) is 0.643. The Hall–Kier alpha value is -2.46. The Kier molecular flexibility index (Phi) is 3.69. The van der Waals surface area contributed by atoms with E-state index >= 15 is 0 Å². The van der Waals surface area contributed by atoms with Crippen molar-refractivity contribution in [2.75, 3.05) is 7.11 Å². The Morgan fingerprint density at radius 1 is 1.12 bits per heavy atom. The van der Waals surface area contributed by atoms with Crippen LogP contribution in [0.3, 0.4) is 0 Å². The number of rotatable bonds is 5. The van der Waals surface area contributed by atoms with Crippen LogP contribution in [-0.2, 0) is 12.1 Å². The Labute approximate surface area is 140 Å². The quantitative estimate of drug-likeness (QED) is 0.766. The normalized spacial score (nSPS) is 15.4. The van der Waals surface area contributed by atoms with Gasteiger partial charge in [-0.15, -0.1) is 0 Å².